The van der Waals surface area contributed by atoms with Crippen LogP contribution in [0.25, 0.3) is 11.1 Å². The smallest absolute Gasteiger partial charge is 0.259 e. The summed E-state index contributed by atoms with van der Waals surface area (Å²) in [6.45, 7) is 8.85. The van der Waals surface area contributed by atoms with Crippen LogP contribution in [0.2, 0.25) is 0 Å². The largest absolute Gasteiger partial charge is 0.497 e. The molecule has 2 aromatic heterocycles. The van der Waals surface area contributed by atoms with E-state index in [9.17, 15) is 4.79 Å². The van der Waals surface area contributed by atoms with Crippen molar-refractivity contribution in [3.63, 3.8) is 0 Å². The highest BCUT2D eigenvalue weighted by molar-refractivity contribution is 6.06. The van der Waals surface area contributed by atoms with Crippen LogP contribution < -0.4 is 9.64 Å². The molecule has 0 saturated carbocycles. The van der Waals surface area contributed by atoms with Crippen LogP contribution in [-0.2, 0) is 0 Å². The van der Waals surface area contributed by atoms with Crippen molar-refractivity contribution in [1.29, 1.82) is 0 Å². The normalized spacial score (nSPS) is 14.7. The Balaban J connectivity index is 1.54. The van der Waals surface area contributed by atoms with Gasteiger partial charge in [-0.25, -0.2) is 4.98 Å². The molecule has 0 N–H and O–H groups in total. The first-order chi connectivity index (χ1) is 14.0. The van der Waals surface area contributed by atoms with Gasteiger partial charge < -0.3 is 19.1 Å². The molecule has 1 amide bonds. The van der Waals surface area contributed by atoms with E-state index in [1.807, 2.05) is 30.0 Å². The van der Waals surface area contributed by atoms with Gasteiger partial charge in [0, 0.05) is 37.6 Å². The van der Waals surface area contributed by atoms with Crippen LogP contribution in [0.1, 0.15) is 41.5 Å². The first-order valence-corrected chi connectivity index (χ1v) is 9.93. The van der Waals surface area contributed by atoms with Crippen LogP contribution in [0.15, 0.2) is 34.9 Å². The van der Waals surface area contributed by atoms with E-state index in [4.69, 9.17) is 9.26 Å². The molecule has 29 heavy (non-hydrogen) atoms. The third-order valence-corrected chi connectivity index (χ3v) is 5.46. The van der Waals surface area contributed by atoms with Gasteiger partial charge in [-0.05, 0) is 43.2 Å². The van der Waals surface area contributed by atoms with E-state index >= 15 is 0 Å². The Bertz CT molecular complexity index is 1020. The van der Waals surface area contributed by atoms with Crippen LogP contribution in [0.4, 0.5) is 5.69 Å². The topological polar surface area (TPSA) is 71.7 Å². The van der Waals surface area contributed by atoms with Crippen molar-refractivity contribution in [2.24, 2.45) is 0 Å². The van der Waals surface area contributed by atoms with Crippen molar-refractivity contribution in [1.82, 2.24) is 15.0 Å². The zero-order valence-electron chi connectivity index (χ0n) is 17.3. The Hall–Kier alpha value is -3.09. The number of amides is 1. The number of benzene rings is 1. The number of aryl methyl sites for hydroxylation is 1. The highest BCUT2D eigenvalue weighted by atomic mass is 16.5. The summed E-state index contributed by atoms with van der Waals surface area (Å²) in [5.41, 5.74) is 3.75. The fraction of sp³-hybridized carbons (Fsp3) is 0.409. The first-order valence-electron chi connectivity index (χ1n) is 9.93. The second kappa shape index (κ2) is 7.73. The van der Waals surface area contributed by atoms with E-state index < -0.39 is 0 Å². The van der Waals surface area contributed by atoms with Crippen molar-refractivity contribution in [2.75, 3.05) is 38.2 Å². The lowest BCUT2D eigenvalue weighted by Gasteiger charge is -2.36. The number of hydrogen-bond acceptors (Lipinski definition) is 6. The Kier molecular flexibility index (Phi) is 5.13. The van der Waals surface area contributed by atoms with Crippen LogP contribution in [-0.4, -0.2) is 54.2 Å². The zero-order valence-corrected chi connectivity index (χ0v) is 17.3. The van der Waals surface area contributed by atoms with Crippen molar-refractivity contribution < 1.29 is 14.1 Å². The lowest BCUT2D eigenvalue weighted by atomic mass is 10.0. The van der Waals surface area contributed by atoms with E-state index in [1.54, 1.807) is 7.11 Å². The number of rotatable bonds is 4. The molecule has 1 saturated heterocycles. The number of hydrogen-bond donors (Lipinski definition) is 0. The van der Waals surface area contributed by atoms with Crippen molar-refractivity contribution >= 4 is 22.7 Å². The highest BCUT2D eigenvalue weighted by Crippen LogP contribution is 2.27. The molecule has 3 aromatic rings. The second-order valence-corrected chi connectivity index (χ2v) is 7.67. The minimum atomic E-state index is 0.0139. The zero-order chi connectivity index (χ0) is 20.5. The van der Waals surface area contributed by atoms with Gasteiger partial charge in [0.1, 0.15) is 5.75 Å². The molecule has 4 rings (SSSR count). The van der Waals surface area contributed by atoms with Gasteiger partial charge in [-0.3, -0.25) is 4.79 Å². The molecule has 1 fully saturated rings. The number of nitrogens with zero attached hydrogens (tertiary/aromatic N) is 4. The number of fused-ring (bicyclic) bond motifs is 1. The number of carbonyl (C=O) groups is 1. The van der Waals surface area contributed by atoms with Crippen LogP contribution in [0, 0.1) is 6.92 Å². The molecule has 1 aromatic carbocycles. The molecule has 7 heteroatoms. The molecule has 0 radical (unpaired) electrons. The maximum absolute atomic E-state index is 13.4. The molecule has 0 atom stereocenters. The molecule has 1 aliphatic heterocycles. The third-order valence-electron chi connectivity index (χ3n) is 5.46. The molecule has 1 aliphatic rings. The first kappa shape index (κ1) is 19.2. The Labute approximate surface area is 170 Å². The number of pyridine rings is 1. The molecular formula is C22H26N4O3. The maximum Gasteiger partial charge on any atom is 0.259 e. The van der Waals surface area contributed by atoms with Gasteiger partial charge in [0.2, 0.25) is 0 Å². The fourth-order valence-corrected chi connectivity index (χ4v) is 3.71. The van der Waals surface area contributed by atoms with Gasteiger partial charge in [0.15, 0.2) is 0 Å². The number of methoxy groups -OCH3 is 1. The molecule has 7 nitrogen and oxygen atoms in total. The van der Waals surface area contributed by atoms with Crippen molar-refractivity contribution in [2.45, 2.75) is 26.7 Å². The van der Waals surface area contributed by atoms with Gasteiger partial charge >= 0.3 is 0 Å². The van der Waals surface area contributed by atoms with Crippen molar-refractivity contribution in [3.8, 4) is 5.75 Å². The Morgan fingerprint density at radius 3 is 2.45 bits per heavy atom. The quantitative estimate of drug-likeness (QED) is 0.673. The number of ether oxygens (including phenoxy) is 1. The maximum atomic E-state index is 13.4. The van der Waals surface area contributed by atoms with E-state index in [1.165, 1.54) is 0 Å². The SMILES string of the molecule is COc1ccc(N2CCN(C(=O)c3cc(C(C)C)nc4onc(C)c34)CC2)cc1. The number of aromatic nitrogens is 2. The molecular weight excluding hydrogens is 368 g/mol. The summed E-state index contributed by atoms with van der Waals surface area (Å²) >= 11 is 0. The van der Waals surface area contributed by atoms with Crippen LogP contribution in [0.3, 0.4) is 0 Å². The van der Waals surface area contributed by atoms with E-state index in [0.29, 0.717) is 30.1 Å². The summed E-state index contributed by atoms with van der Waals surface area (Å²) in [6.07, 6.45) is 0. The molecule has 0 unspecified atom stereocenters. The molecule has 152 valence electrons. The van der Waals surface area contributed by atoms with Crippen LogP contribution >= 0.6 is 0 Å². The number of piperazine rings is 1. The predicted molar refractivity (Wildman–Crippen MR) is 112 cm³/mol. The molecule has 0 spiro atoms. The average Bonchev–Trinajstić information content (AvgIpc) is 3.13. The summed E-state index contributed by atoms with van der Waals surface area (Å²) < 4.78 is 10.6. The Morgan fingerprint density at radius 2 is 1.83 bits per heavy atom. The monoisotopic (exact) mass is 394 g/mol. The van der Waals surface area contributed by atoms with Gasteiger partial charge in [-0.1, -0.05) is 19.0 Å². The standard InChI is InChI=1S/C22H26N4O3/c1-14(2)19-13-18(20-15(3)24-29-21(20)23-19)22(27)26-11-9-25(10-12-26)16-5-7-17(28-4)8-6-16/h5-8,13-14H,9-12H2,1-4H3. The minimum absolute atomic E-state index is 0.0139. The second-order valence-electron chi connectivity index (χ2n) is 7.67. The fourth-order valence-electron chi connectivity index (χ4n) is 3.71. The summed E-state index contributed by atoms with van der Waals surface area (Å²) in [7, 11) is 1.66. The van der Waals surface area contributed by atoms with E-state index in [0.717, 1.165) is 35.6 Å². The highest BCUT2D eigenvalue weighted by Gasteiger charge is 2.26. The molecule has 0 aliphatic carbocycles. The van der Waals surface area contributed by atoms with Gasteiger partial charge in [0.25, 0.3) is 11.6 Å². The van der Waals surface area contributed by atoms with Crippen LogP contribution in [0.5, 0.6) is 5.75 Å². The summed E-state index contributed by atoms with van der Waals surface area (Å²) in [5, 5.41) is 4.74. The minimum Gasteiger partial charge on any atom is -0.497 e. The molecule has 3 heterocycles. The van der Waals surface area contributed by atoms with E-state index in [2.05, 4.69) is 41.0 Å². The van der Waals surface area contributed by atoms with Crippen molar-refractivity contribution in [3.05, 3.63) is 47.3 Å². The molecule has 0 bridgehead atoms. The Morgan fingerprint density at radius 1 is 1.14 bits per heavy atom. The van der Waals surface area contributed by atoms with E-state index in [-0.39, 0.29) is 11.8 Å². The summed E-state index contributed by atoms with van der Waals surface area (Å²) in [6, 6.07) is 9.93. The van der Waals surface area contributed by atoms with Gasteiger partial charge in [-0.2, -0.15) is 0 Å². The predicted octanol–water partition coefficient (Wildman–Crippen LogP) is 3.63. The number of anilines is 1. The summed E-state index contributed by atoms with van der Waals surface area (Å²) in [5.74, 6) is 1.05. The summed E-state index contributed by atoms with van der Waals surface area (Å²) in [4.78, 5) is 22.1. The number of carbonyl (C=O) groups excluding carboxylic acids is 1. The van der Waals surface area contributed by atoms with Gasteiger partial charge in [-0.15, -0.1) is 0 Å². The lowest BCUT2D eigenvalue weighted by molar-refractivity contribution is 0.0748. The van der Waals surface area contributed by atoms with Gasteiger partial charge in [0.05, 0.1) is 23.8 Å². The average molecular weight is 394 g/mol. The lowest BCUT2D eigenvalue weighted by Crippen LogP contribution is -2.48. The third kappa shape index (κ3) is 3.64.